The molecular formula is C7H5N2O. The molecule has 0 unspecified atom stereocenters. The summed E-state index contributed by atoms with van der Waals surface area (Å²) in [6, 6.07) is 8.31. The summed E-state index contributed by atoms with van der Waals surface area (Å²) in [5, 5.41) is 6.49. The summed E-state index contributed by atoms with van der Waals surface area (Å²) in [5.74, 6) is 0.713. The fourth-order valence-electron chi connectivity index (χ4n) is 0.789. The lowest BCUT2D eigenvalue weighted by atomic mass is 10.3. The summed E-state index contributed by atoms with van der Waals surface area (Å²) in [4.78, 5) is 4.90. The molecule has 0 atom stereocenters. The lowest BCUT2D eigenvalue weighted by molar-refractivity contribution is 0.341. The lowest BCUT2D eigenvalue weighted by Crippen LogP contribution is -2.03. The van der Waals surface area contributed by atoms with Crippen LogP contribution in [-0.4, -0.2) is 6.34 Å². The van der Waals surface area contributed by atoms with Crippen molar-refractivity contribution < 1.29 is 4.84 Å². The quantitative estimate of drug-likeness (QED) is 0.577. The molecule has 0 bridgehead atoms. The normalized spacial score (nSPS) is 13.2. The van der Waals surface area contributed by atoms with E-state index in [0.717, 1.165) is 5.69 Å². The molecular weight excluding hydrogens is 128 g/mol. The number of nitrogens with zero attached hydrogens (tertiary/aromatic N) is 1. The number of anilines is 1. The fourth-order valence-corrected chi connectivity index (χ4v) is 0.789. The molecule has 1 aliphatic heterocycles. The van der Waals surface area contributed by atoms with Crippen LogP contribution in [0.3, 0.4) is 0 Å². The number of fused-ring (bicyclic) bond motifs is 1. The molecule has 3 heteroatoms. The second-order valence-electron chi connectivity index (χ2n) is 1.89. The first-order chi connectivity index (χ1) is 4.97. The number of benzene rings is 1. The van der Waals surface area contributed by atoms with Crippen LogP contribution in [0.25, 0.3) is 0 Å². The van der Waals surface area contributed by atoms with E-state index >= 15 is 0 Å². The number of oxime groups is 1. The van der Waals surface area contributed by atoms with Crippen molar-refractivity contribution in [2.24, 2.45) is 5.16 Å². The highest BCUT2D eigenvalue weighted by molar-refractivity contribution is 5.80. The van der Waals surface area contributed by atoms with Crippen molar-refractivity contribution in [1.82, 2.24) is 0 Å². The van der Waals surface area contributed by atoms with E-state index in [1.165, 1.54) is 6.34 Å². The molecule has 1 N–H and O–H groups in total. The third-order valence-corrected chi connectivity index (χ3v) is 1.25. The first-order valence-corrected chi connectivity index (χ1v) is 2.92. The largest absolute Gasteiger partial charge is 0.353 e. The second-order valence-corrected chi connectivity index (χ2v) is 1.89. The van der Waals surface area contributed by atoms with Gasteiger partial charge < -0.3 is 10.2 Å². The zero-order valence-electron chi connectivity index (χ0n) is 5.16. The van der Waals surface area contributed by atoms with Gasteiger partial charge in [0.15, 0.2) is 5.75 Å². The summed E-state index contributed by atoms with van der Waals surface area (Å²) in [6.07, 6.45) is 1.50. The van der Waals surface area contributed by atoms with Gasteiger partial charge in [-0.3, -0.25) is 0 Å². The van der Waals surface area contributed by atoms with E-state index in [4.69, 9.17) is 4.84 Å². The Bertz CT molecular complexity index is 243. The Morgan fingerprint density at radius 3 is 3.50 bits per heavy atom. The minimum atomic E-state index is 0.713. The summed E-state index contributed by atoms with van der Waals surface area (Å²) in [7, 11) is 0. The Hall–Kier alpha value is -1.51. The van der Waals surface area contributed by atoms with E-state index < -0.39 is 0 Å². The van der Waals surface area contributed by atoms with Gasteiger partial charge in [0.05, 0.1) is 5.69 Å². The van der Waals surface area contributed by atoms with Gasteiger partial charge in [0.2, 0.25) is 0 Å². The van der Waals surface area contributed by atoms with Crippen LogP contribution in [0, 0.1) is 6.07 Å². The molecule has 0 aliphatic carbocycles. The van der Waals surface area contributed by atoms with Crippen LogP contribution in [0.2, 0.25) is 0 Å². The van der Waals surface area contributed by atoms with E-state index in [9.17, 15) is 0 Å². The van der Waals surface area contributed by atoms with Gasteiger partial charge in [-0.1, -0.05) is 11.2 Å². The van der Waals surface area contributed by atoms with Gasteiger partial charge in [-0.2, -0.15) is 0 Å². The average molecular weight is 133 g/mol. The number of hydrogen-bond acceptors (Lipinski definition) is 3. The first kappa shape index (κ1) is 5.29. The third-order valence-electron chi connectivity index (χ3n) is 1.25. The minimum absolute atomic E-state index is 0.713. The van der Waals surface area contributed by atoms with Crippen molar-refractivity contribution in [2.45, 2.75) is 0 Å². The summed E-state index contributed by atoms with van der Waals surface area (Å²) in [6.45, 7) is 0. The molecule has 10 heavy (non-hydrogen) atoms. The highest BCUT2D eigenvalue weighted by Crippen LogP contribution is 2.24. The van der Waals surface area contributed by atoms with E-state index in [0.29, 0.717) is 5.75 Å². The maximum atomic E-state index is 4.90. The maximum absolute atomic E-state index is 4.90. The van der Waals surface area contributed by atoms with Crippen molar-refractivity contribution in [1.29, 1.82) is 0 Å². The second kappa shape index (κ2) is 2.02. The molecule has 0 saturated carbocycles. The van der Waals surface area contributed by atoms with Gasteiger partial charge in [-0.05, 0) is 18.2 Å². The van der Waals surface area contributed by atoms with E-state index in [1.54, 1.807) is 6.07 Å². The monoisotopic (exact) mass is 133 g/mol. The van der Waals surface area contributed by atoms with Crippen LogP contribution in [0.1, 0.15) is 0 Å². The molecule has 1 heterocycles. The van der Waals surface area contributed by atoms with E-state index in [2.05, 4.69) is 16.5 Å². The van der Waals surface area contributed by atoms with Crippen LogP contribution in [-0.2, 0) is 0 Å². The first-order valence-electron chi connectivity index (χ1n) is 2.92. The Morgan fingerprint density at radius 2 is 2.60 bits per heavy atom. The van der Waals surface area contributed by atoms with Crippen molar-refractivity contribution in [3.63, 3.8) is 0 Å². The SMILES string of the molecule is [c]1ccc2c(c1)ON=CN2. The Kier molecular flexibility index (Phi) is 1.07. The topological polar surface area (TPSA) is 33.6 Å². The average Bonchev–Trinajstić information content (AvgIpc) is 2.05. The molecule has 0 saturated heterocycles. The van der Waals surface area contributed by atoms with Gasteiger partial charge >= 0.3 is 0 Å². The van der Waals surface area contributed by atoms with Crippen molar-refractivity contribution in [2.75, 3.05) is 5.32 Å². The summed E-state index contributed by atoms with van der Waals surface area (Å²) in [5.41, 5.74) is 0.925. The lowest BCUT2D eigenvalue weighted by Gasteiger charge is -2.09. The number of nitrogens with one attached hydrogen (secondary N) is 1. The van der Waals surface area contributed by atoms with Crippen LogP contribution in [0.15, 0.2) is 23.4 Å². The van der Waals surface area contributed by atoms with Crippen LogP contribution in [0.4, 0.5) is 5.69 Å². The smallest absolute Gasteiger partial charge is 0.182 e. The minimum Gasteiger partial charge on any atom is -0.353 e. The van der Waals surface area contributed by atoms with Gasteiger partial charge in [-0.25, -0.2) is 0 Å². The standard InChI is InChI=1S/C7H5N2O/c1-2-4-7-6(3-1)8-5-9-10-7/h1,3-5H,(H,8,9). The molecule has 0 fully saturated rings. The zero-order valence-corrected chi connectivity index (χ0v) is 5.16. The van der Waals surface area contributed by atoms with E-state index in [1.807, 2.05) is 12.1 Å². The third kappa shape index (κ3) is 0.719. The molecule has 2 rings (SSSR count). The van der Waals surface area contributed by atoms with Crippen molar-refractivity contribution in [3.8, 4) is 5.75 Å². The highest BCUT2D eigenvalue weighted by atomic mass is 16.6. The molecule has 0 aromatic heterocycles. The molecule has 3 nitrogen and oxygen atoms in total. The Labute approximate surface area is 58.3 Å². The van der Waals surface area contributed by atoms with Gasteiger partial charge in [0, 0.05) is 0 Å². The van der Waals surface area contributed by atoms with Crippen molar-refractivity contribution in [3.05, 3.63) is 24.3 Å². The molecule has 1 aliphatic rings. The Balaban J connectivity index is 2.47. The van der Waals surface area contributed by atoms with Crippen LogP contribution >= 0.6 is 0 Å². The fraction of sp³-hybridized carbons (Fsp3) is 0. The van der Waals surface area contributed by atoms with Gasteiger partial charge in [0.1, 0.15) is 6.34 Å². The van der Waals surface area contributed by atoms with Crippen LogP contribution < -0.4 is 10.2 Å². The van der Waals surface area contributed by atoms with Crippen molar-refractivity contribution >= 4 is 12.0 Å². The molecule has 1 aromatic rings. The predicted octanol–water partition coefficient (Wildman–Crippen LogP) is 1.23. The van der Waals surface area contributed by atoms with E-state index in [-0.39, 0.29) is 0 Å². The predicted molar refractivity (Wildman–Crippen MR) is 38.0 cm³/mol. The van der Waals surface area contributed by atoms with Gasteiger partial charge in [-0.15, -0.1) is 0 Å². The molecule has 1 aromatic carbocycles. The zero-order chi connectivity index (χ0) is 6.81. The van der Waals surface area contributed by atoms with Gasteiger partial charge in [0.25, 0.3) is 0 Å². The Morgan fingerprint density at radius 1 is 1.60 bits per heavy atom. The number of hydrogen-bond donors (Lipinski definition) is 1. The molecule has 49 valence electrons. The highest BCUT2D eigenvalue weighted by Gasteiger charge is 2.03. The molecule has 0 spiro atoms. The summed E-state index contributed by atoms with van der Waals surface area (Å²) < 4.78 is 0. The van der Waals surface area contributed by atoms with Crippen LogP contribution in [0.5, 0.6) is 5.75 Å². The molecule has 0 amide bonds. The number of rotatable bonds is 0. The molecule has 1 radical (unpaired) electrons. The summed E-state index contributed by atoms with van der Waals surface area (Å²) >= 11 is 0. The maximum Gasteiger partial charge on any atom is 0.182 e.